The van der Waals surface area contributed by atoms with Crippen molar-refractivity contribution in [3.05, 3.63) is 96.8 Å². The maximum Gasteiger partial charge on any atom is 0.336 e. The number of rotatable bonds is 5. The summed E-state index contributed by atoms with van der Waals surface area (Å²) in [6.45, 7) is 0. The summed E-state index contributed by atoms with van der Waals surface area (Å²) in [4.78, 5) is 20.6. The standard InChI is InChI=1S/C23H16N2O3/c26-22(14-9-18-6-3-5-17-7-4-16-25-23(17)18)28-20-12-10-19(11-13-20)27-21-8-1-2-15-24-21/h1-16H/b14-9+. The molecule has 5 nitrogen and oxygen atoms in total. The lowest BCUT2D eigenvalue weighted by Gasteiger charge is -2.05. The summed E-state index contributed by atoms with van der Waals surface area (Å²) in [6, 6.07) is 21.9. The lowest BCUT2D eigenvalue weighted by Crippen LogP contribution is -2.03. The molecule has 0 unspecified atom stereocenters. The lowest BCUT2D eigenvalue weighted by molar-refractivity contribution is -0.128. The average molecular weight is 368 g/mol. The van der Waals surface area contributed by atoms with Gasteiger partial charge in [0.15, 0.2) is 0 Å². The van der Waals surface area contributed by atoms with Crippen molar-refractivity contribution in [2.24, 2.45) is 0 Å². The summed E-state index contributed by atoms with van der Waals surface area (Å²) in [5.74, 6) is 1.07. The van der Waals surface area contributed by atoms with Gasteiger partial charge in [0, 0.05) is 35.5 Å². The van der Waals surface area contributed by atoms with Gasteiger partial charge in [-0.2, -0.15) is 0 Å². The van der Waals surface area contributed by atoms with Crippen LogP contribution in [0.4, 0.5) is 0 Å². The molecule has 0 radical (unpaired) electrons. The van der Waals surface area contributed by atoms with E-state index >= 15 is 0 Å². The molecule has 0 spiro atoms. The van der Waals surface area contributed by atoms with Crippen LogP contribution in [0.5, 0.6) is 17.4 Å². The Labute approximate surface area is 161 Å². The van der Waals surface area contributed by atoms with Crippen molar-refractivity contribution in [2.75, 3.05) is 0 Å². The molecule has 0 amide bonds. The van der Waals surface area contributed by atoms with Gasteiger partial charge in [0.1, 0.15) is 11.5 Å². The predicted octanol–water partition coefficient (Wildman–Crippen LogP) is 5.04. The summed E-state index contributed by atoms with van der Waals surface area (Å²) in [5, 5.41) is 1.02. The Kier molecular flexibility index (Phi) is 5.06. The Morgan fingerprint density at radius 2 is 1.57 bits per heavy atom. The normalized spacial score (nSPS) is 10.9. The highest BCUT2D eigenvalue weighted by molar-refractivity contribution is 5.93. The molecule has 5 heteroatoms. The SMILES string of the molecule is O=C(/C=C/c1cccc2cccnc12)Oc1ccc(Oc2ccccn2)cc1. The largest absolute Gasteiger partial charge is 0.439 e. The monoisotopic (exact) mass is 368 g/mol. The first-order chi connectivity index (χ1) is 13.8. The van der Waals surface area contributed by atoms with E-state index in [0.717, 1.165) is 16.5 Å². The molecule has 0 aliphatic heterocycles. The van der Waals surface area contributed by atoms with Crippen molar-refractivity contribution in [3.8, 4) is 17.4 Å². The summed E-state index contributed by atoms with van der Waals surface area (Å²) in [7, 11) is 0. The zero-order valence-electron chi connectivity index (χ0n) is 14.9. The summed E-state index contributed by atoms with van der Waals surface area (Å²) < 4.78 is 10.9. The van der Waals surface area contributed by atoms with Gasteiger partial charge in [-0.1, -0.05) is 30.3 Å². The van der Waals surface area contributed by atoms with Crippen molar-refractivity contribution in [1.29, 1.82) is 0 Å². The molecule has 28 heavy (non-hydrogen) atoms. The van der Waals surface area contributed by atoms with Gasteiger partial charge in [-0.15, -0.1) is 0 Å². The average Bonchev–Trinajstić information content (AvgIpc) is 2.74. The van der Waals surface area contributed by atoms with Crippen LogP contribution in [-0.2, 0) is 4.79 Å². The molecule has 2 aromatic heterocycles. The highest BCUT2D eigenvalue weighted by Crippen LogP contribution is 2.22. The first kappa shape index (κ1) is 17.4. The van der Waals surface area contributed by atoms with Crippen LogP contribution < -0.4 is 9.47 Å². The van der Waals surface area contributed by atoms with Crippen molar-refractivity contribution in [1.82, 2.24) is 9.97 Å². The van der Waals surface area contributed by atoms with Crippen molar-refractivity contribution in [3.63, 3.8) is 0 Å². The minimum Gasteiger partial charge on any atom is -0.439 e. The van der Waals surface area contributed by atoms with E-state index in [-0.39, 0.29) is 0 Å². The van der Waals surface area contributed by atoms with E-state index in [9.17, 15) is 4.79 Å². The number of fused-ring (bicyclic) bond motifs is 1. The Bertz CT molecular complexity index is 1120. The molecular weight excluding hydrogens is 352 g/mol. The van der Waals surface area contributed by atoms with Crippen LogP contribution in [0.25, 0.3) is 17.0 Å². The Balaban J connectivity index is 1.41. The Morgan fingerprint density at radius 3 is 2.39 bits per heavy atom. The van der Waals surface area contributed by atoms with Gasteiger partial charge in [0.05, 0.1) is 5.52 Å². The highest BCUT2D eigenvalue weighted by atomic mass is 16.5. The fourth-order valence-electron chi connectivity index (χ4n) is 2.67. The van der Waals surface area contributed by atoms with Gasteiger partial charge in [0.25, 0.3) is 0 Å². The Hall–Kier alpha value is -3.99. The number of aromatic nitrogens is 2. The molecule has 0 aliphatic rings. The van der Waals surface area contributed by atoms with Crippen LogP contribution in [-0.4, -0.2) is 15.9 Å². The molecule has 4 aromatic rings. The number of ether oxygens (including phenoxy) is 2. The van der Waals surface area contributed by atoms with Gasteiger partial charge >= 0.3 is 5.97 Å². The summed E-state index contributed by atoms with van der Waals surface area (Å²) >= 11 is 0. The molecule has 0 aliphatic carbocycles. The van der Waals surface area contributed by atoms with Crippen LogP contribution in [0.1, 0.15) is 5.56 Å². The lowest BCUT2D eigenvalue weighted by atomic mass is 10.1. The van der Waals surface area contributed by atoms with Crippen LogP contribution in [0.15, 0.2) is 91.3 Å². The summed E-state index contributed by atoms with van der Waals surface area (Å²) in [6.07, 6.45) is 6.48. The second-order valence-corrected chi connectivity index (χ2v) is 5.92. The number of nitrogens with zero attached hydrogens (tertiary/aromatic N) is 2. The van der Waals surface area contributed by atoms with E-state index in [1.807, 2.05) is 42.5 Å². The van der Waals surface area contributed by atoms with Crippen LogP contribution >= 0.6 is 0 Å². The van der Waals surface area contributed by atoms with Crippen LogP contribution in [0.2, 0.25) is 0 Å². The Morgan fingerprint density at radius 1 is 0.786 bits per heavy atom. The molecule has 0 bridgehead atoms. The molecule has 0 N–H and O–H groups in total. The van der Waals surface area contributed by atoms with E-state index < -0.39 is 5.97 Å². The van der Waals surface area contributed by atoms with Crippen molar-refractivity contribution < 1.29 is 14.3 Å². The molecule has 0 atom stereocenters. The molecule has 2 aromatic carbocycles. The number of hydrogen-bond acceptors (Lipinski definition) is 5. The van der Waals surface area contributed by atoms with E-state index in [2.05, 4.69) is 9.97 Å². The smallest absolute Gasteiger partial charge is 0.336 e. The molecule has 4 rings (SSSR count). The second-order valence-electron chi connectivity index (χ2n) is 5.92. The third-order valence-electron chi connectivity index (χ3n) is 3.97. The first-order valence-electron chi connectivity index (χ1n) is 8.70. The molecular formula is C23H16N2O3. The van der Waals surface area contributed by atoms with E-state index in [4.69, 9.17) is 9.47 Å². The number of hydrogen-bond donors (Lipinski definition) is 0. The third kappa shape index (κ3) is 4.22. The fourth-order valence-corrected chi connectivity index (χ4v) is 2.67. The highest BCUT2D eigenvalue weighted by Gasteiger charge is 2.04. The fraction of sp³-hybridized carbons (Fsp3) is 0. The molecule has 136 valence electrons. The number of carbonyl (C=O) groups is 1. The molecule has 2 heterocycles. The van der Waals surface area contributed by atoms with Gasteiger partial charge in [-0.3, -0.25) is 4.98 Å². The molecule has 0 saturated heterocycles. The number of carbonyl (C=O) groups excluding carboxylic acids is 1. The van der Waals surface area contributed by atoms with Gasteiger partial charge in [-0.25, -0.2) is 9.78 Å². The topological polar surface area (TPSA) is 61.3 Å². The zero-order chi connectivity index (χ0) is 19.2. The summed E-state index contributed by atoms with van der Waals surface area (Å²) in [5.41, 5.74) is 1.69. The minimum absolute atomic E-state index is 0.430. The zero-order valence-corrected chi connectivity index (χ0v) is 14.9. The predicted molar refractivity (Wildman–Crippen MR) is 107 cm³/mol. The van der Waals surface area contributed by atoms with E-state index in [1.54, 1.807) is 48.8 Å². The number of para-hydroxylation sites is 1. The maximum atomic E-state index is 12.1. The molecule has 0 saturated carbocycles. The number of esters is 1. The van der Waals surface area contributed by atoms with E-state index in [0.29, 0.717) is 17.4 Å². The number of pyridine rings is 2. The maximum absolute atomic E-state index is 12.1. The van der Waals surface area contributed by atoms with Crippen molar-refractivity contribution >= 4 is 22.9 Å². The van der Waals surface area contributed by atoms with E-state index in [1.165, 1.54) is 6.08 Å². The van der Waals surface area contributed by atoms with Crippen LogP contribution in [0.3, 0.4) is 0 Å². The second kappa shape index (κ2) is 8.14. The van der Waals surface area contributed by atoms with Gasteiger partial charge in [-0.05, 0) is 42.5 Å². The minimum atomic E-state index is -0.466. The quantitative estimate of drug-likeness (QED) is 0.280. The number of benzene rings is 2. The van der Waals surface area contributed by atoms with Crippen molar-refractivity contribution in [2.45, 2.75) is 0 Å². The van der Waals surface area contributed by atoms with Gasteiger partial charge in [0.2, 0.25) is 5.88 Å². The van der Waals surface area contributed by atoms with Crippen LogP contribution in [0, 0.1) is 0 Å². The third-order valence-corrected chi connectivity index (χ3v) is 3.97. The first-order valence-corrected chi connectivity index (χ1v) is 8.70. The van der Waals surface area contributed by atoms with Gasteiger partial charge < -0.3 is 9.47 Å². The molecule has 0 fully saturated rings.